The minimum absolute atomic E-state index is 0. The van der Waals surface area contributed by atoms with Crippen LogP contribution < -0.4 is 10.7 Å². The number of aromatic nitrogens is 2. The van der Waals surface area contributed by atoms with E-state index in [1.165, 1.54) is 0 Å². The Labute approximate surface area is 99.8 Å². The third-order valence-electron chi connectivity index (χ3n) is 2.06. The molecule has 2 aliphatic heterocycles. The van der Waals surface area contributed by atoms with Gasteiger partial charge in [0.2, 0.25) is 0 Å². The fourth-order valence-electron chi connectivity index (χ4n) is 1.43. The molecule has 0 unspecified atom stereocenters. The van der Waals surface area contributed by atoms with E-state index in [-0.39, 0.29) is 20.1 Å². The molecule has 1 radical (unpaired) electrons. The smallest absolute Gasteiger partial charge is 0.0698 e. The molecule has 0 amide bonds. The van der Waals surface area contributed by atoms with Crippen LogP contribution in [0.5, 0.6) is 0 Å². The summed E-state index contributed by atoms with van der Waals surface area (Å²) in [5.41, 5.74) is 1.61. The third kappa shape index (κ3) is 1.60. The first-order valence-corrected chi connectivity index (χ1v) is 4.27. The van der Waals surface area contributed by atoms with E-state index in [9.17, 15) is 0 Å². The zero-order valence-corrected chi connectivity index (χ0v) is 9.98. The Morgan fingerprint density at radius 2 is 1.27 bits per heavy atom. The van der Waals surface area contributed by atoms with Crippen LogP contribution >= 0.6 is 0 Å². The van der Waals surface area contributed by atoms with Gasteiger partial charge in [-0.1, -0.05) is 12.2 Å². The molecule has 4 nitrogen and oxygen atoms in total. The van der Waals surface area contributed by atoms with Gasteiger partial charge in [-0.05, 0) is 12.2 Å². The van der Waals surface area contributed by atoms with Crippen LogP contribution in [-0.4, -0.2) is 10.2 Å². The maximum atomic E-state index is 4.24. The Bertz CT molecular complexity index is 509. The first-order chi connectivity index (χ1) is 6.95. The van der Waals surface area contributed by atoms with E-state index in [2.05, 4.69) is 20.8 Å². The molecule has 0 aliphatic carbocycles. The molecule has 3 rings (SSSR count). The van der Waals surface area contributed by atoms with E-state index in [0.29, 0.717) is 0 Å². The molecule has 3 heterocycles. The van der Waals surface area contributed by atoms with E-state index in [1.54, 1.807) is 12.4 Å². The molecule has 0 bridgehead atoms. The van der Waals surface area contributed by atoms with Gasteiger partial charge in [-0.25, -0.2) is 0 Å². The van der Waals surface area contributed by atoms with Gasteiger partial charge >= 0.3 is 0 Å². The molecule has 0 spiro atoms. The topological polar surface area (TPSA) is 54.0 Å². The molecule has 0 saturated carbocycles. The van der Waals surface area contributed by atoms with Crippen LogP contribution in [0.25, 0.3) is 22.8 Å². The molecule has 0 N–H and O–H groups in total. The number of hydrogen-bond donors (Lipinski definition) is 0. The third-order valence-corrected chi connectivity index (χ3v) is 2.06. The van der Waals surface area contributed by atoms with Gasteiger partial charge in [-0.2, -0.15) is 22.6 Å². The summed E-state index contributed by atoms with van der Waals surface area (Å²) in [4.78, 5) is 0. The van der Waals surface area contributed by atoms with Crippen LogP contribution in [-0.2, 0) is 20.1 Å². The summed E-state index contributed by atoms with van der Waals surface area (Å²) in [5.74, 6) is 0. The molecule has 0 atom stereocenters. The molecule has 0 aromatic carbocycles. The van der Waals surface area contributed by atoms with Crippen molar-refractivity contribution >= 4 is 23.5 Å². The van der Waals surface area contributed by atoms with E-state index in [0.717, 1.165) is 22.1 Å². The monoisotopic (exact) mass is 375 g/mol. The van der Waals surface area contributed by atoms with Crippen LogP contribution in [0.4, 0.5) is 11.4 Å². The number of fused-ring (bicyclic) bond motifs is 3. The first kappa shape index (κ1) is 10.1. The number of rotatable bonds is 0. The molecular formula is C10H6IrN4-2. The van der Waals surface area contributed by atoms with Gasteiger partial charge in [-0.3, -0.25) is 0 Å². The van der Waals surface area contributed by atoms with E-state index in [4.69, 9.17) is 0 Å². The summed E-state index contributed by atoms with van der Waals surface area (Å²) in [7, 11) is 0. The Hall–Kier alpha value is -1.45. The second-order valence-corrected chi connectivity index (χ2v) is 2.94. The molecule has 2 aliphatic rings. The minimum Gasteiger partial charge on any atom is -0.663 e. The van der Waals surface area contributed by atoms with Crippen molar-refractivity contribution in [2.75, 3.05) is 0 Å². The summed E-state index contributed by atoms with van der Waals surface area (Å²) in [6.07, 6.45) is 10.9. The SMILES string of the molecule is C1=C[N-]c2c3c(nnc2=C1)=CC=C[N-]3.[Ir]. The number of allylic oxidation sites excluding steroid dienone is 2. The zero-order valence-electron chi connectivity index (χ0n) is 7.59. The van der Waals surface area contributed by atoms with Gasteiger partial charge < -0.3 is 10.6 Å². The van der Waals surface area contributed by atoms with Crippen LogP contribution in [0.2, 0.25) is 0 Å². The van der Waals surface area contributed by atoms with Crippen molar-refractivity contribution in [1.29, 1.82) is 0 Å². The van der Waals surface area contributed by atoms with Crippen molar-refractivity contribution in [2.45, 2.75) is 0 Å². The first-order valence-electron chi connectivity index (χ1n) is 4.27. The van der Waals surface area contributed by atoms with Crippen LogP contribution in [0, 0.1) is 0 Å². The van der Waals surface area contributed by atoms with Crippen molar-refractivity contribution < 1.29 is 20.1 Å². The molecule has 1 aromatic rings. The maximum Gasteiger partial charge on any atom is 0.0698 e. The molecule has 15 heavy (non-hydrogen) atoms. The van der Waals surface area contributed by atoms with E-state index < -0.39 is 0 Å². The molecule has 77 valence electrons. The molecule has 5 heteroatoms. The molecule has 1 aromatic heterocycles. The summed E-state index contributed by atoms with van der Waals surface area (Å²) < 4.78 is 0. The van der Waals surface area contributed by atoms with Crippen LogP contribution in [0.3, 0.4) is 0 Å². The molecular weight excluding hydrogens is 368 g/mol. The van der Waals surface area contributed by atoms with Crippen molar-refractivity contribution in [3.05, 3.63) is 45.9 Å². The van der Waals surface area contributed by atoms with Crippen molar-refractivity contribution in [1.82, 2.24) is 10.2 Å². The second kappa shape index (κ2) is 3.96. The summed E-state index contributed by atoms with van der Waals surface area (Å²) in [6.45, 7) is 0. The molecule has 0 saturated heterocycles. The zero-order chi connectivity index (χ0) is 9.38. The average Bonchev–Trinajstić information content (AvgIpc) is 2.29. The van der Waals surface area contributed by atoms with Gasteiger partial charge in [0, 0.05) is 20.1 Å². The van der Waals surface area contributed by atoms with Gasteiger partial charge in [0.05, 0.1) is 10.7 Å². The van der Waals surface area contributed by atoms with Crippen molar-refractivity contribution in [2.24, 2.45) is 0 Å². The van der Waals surface area contributed by atoms with Gasteiger partial charge in [0.25, 0.3) is 0 Å². The fraction of sp³-hybridized carbons (Fsp3) is 0. The predicted molar refractivity (Wildman–Crippen MR) is 54.5 cm³/mol. The Kier molecular flexibility index (Phi) is 2.66. The van der Waals surface area contributed by atoms with Crippen LogP contribution in [0.1, 0.15) is 0 Å². The Morgan fingerprint density at radius 1 is 0.800 bits per heavy atom. The van der Waals surface area contributed by atoms with Crippen molar-refractivity contribution in [3.63, 3.8) is 0 Å². The molecule has 0 fully saturated rings. The average molecular weight is 374 g/mol. The number of nitrogens with zero attached hydrogens (tertiary/aromatic N) is 4. The second-order valence-electron chi connectivity index (χ2n) is 2.94. The Morgan fingerprint density at radius 3 is 1.73 bits per heavy atom. The summed E-state index contributed by atoms with van der Waals surface area (Å²) >= 11 is 0. The van der Waals surface area contributed by atoms with Crippen LogP contribution in [0.15, 0.2) is 24.6 Å². The van der Waals surface area contributed by atoms with Gasteiger partial charge in [0.1, 0.15) is 0 Å². The predicted octanol–water partition coefficient (Wildman–Crippen LogP) is 1.10. The Balaban J connectivity index is 0.000000853. The largest absolute Gasteiger partial charge is 0.663 e. The minimum atomic E-state index is 0. The quantitative estimate of drug-likeness (QED) is 0.683. The van der Waals surface area contributed by atoms with Gasteiger partial charge in [0.15, 0.2) is 0 Å². The standard InChI is InChI=1S/C10H6N4.Ir/c1-3-7-9(11-5-1)10-8(14-13-7)4-2-6-12-10;/h1-6H;/q-2;. The normalized spacial score (nSPS) is 14.4. The fourth-order valence-corrected chi connectivity index (χ4v) is 1.43. The van der Waals surface area contributed by atoms with E-state index >= 15 is 0 Å². The van der Waals surface area contributed by atoms with Crippen molar-refractivity contribution in [3.8, 4) is 0 Å². The van der Waals surface area contributed by atoms with Gasteiger partial charge in [-0.15, -0.1) is 11.4 Å². The maximum absolute atomic E-state index is 4.24. The van der Waals surface area contributed by atoms with E-state index in [1.807, 2.05) is 24.3 Å². The number of hydrogen-bond acceptors (Lipinski definition) is 2. The summed E-state index contributed by atoms with van der Waals surface area (Å²) in [6, 6.07) is 0. The summed E-state index contributed by atoms with van der Waals surface area (Å²) in [5, 5.41) is 18.2.